The predicted octanol–water partition coefficient (Wildman–Crippen LogP) is 3.75. The average Bonchev–Trinajstić information content (AvgIpc) is 3.02. The number of benzene rings is 1. The summed E-state index contributed by atoms with van der Waals surface area (Å²) >= 11 is 0. The molecule has 1 aliphatic heterocycles. The van der Waals surface area contributed by atoms with Crippen molar-refractivity contribution in [3.8, 4) is 5.75 Å². The molecule has 1 saturated heterocycles. The second kappa shape index (κ2) is 5.28. The van der Waals surface area contributed by atoms with Gasteiger partial charge in [0.25, 0.3) is 0 Å². The van der Waals surface area contributed by atoms with Crippen molar-refractivity contribution in [1.29, 1.82) is 0 Å². The summed E-state index contributed by atoms with van der Waals surface area (Å²) < 4.78 is 17.9. The van der Waals surface area contributed by atoms with Crippen molar-refractivity contribution >= 4 is 11.3 Å². The second-order valence-electron chi connectivity index (χ2n) is 6.80. The summed E-state index contributed by atoms with van der Waals surface area (Å²) in [6, 6.07) is 5.60. The van der Waals surface area contributed by atoms with Crippen molar-refractivity contribution in [2.45, 2.75) is 57.0 Å². The second-order valence-corrected chi connectivity index (χ2v) is 6.80. The molecule has 22 heavy (non-hydrogen) atoms. The van der Waals surface area contributed by atoms with Gasteiger partial charge in [-0.2, -0.15) is 0 Å². The lowest BCUT2D eigenvalue weighted by Gasteiger charge is -2.26. The molecule has 1 atom stereocenters. The van der Waals surface area contributed by atoms with E-state index in [2.05, 4.69) is 20.4 Å². The minimum absolute atomic E-state index is 0.208. The van der Waals surface area contributed by atoms with Crippen LogP contribution in [0.4, 0.5) is 5.69 Å². The zero-order chi connectivity index (χ0) is 16.0. The summed E-state index contributed by atoms with van der Waals surface area (Å²) in [5.74, 6) is 0.322. The van der Waals surface area contributed by atoms with E-state index in [-0.39, 0.29) is 6.10 Å². The highest BCUT2D eigenvalue weighted by molar-refractivity contribution is 5.78. The normalized spacial score (nSPS) is 25.5. The van der Waals surface area contributed by atoms with Gasteiger partial charge in [0.2, 0.25) is 0 Å². The van der Waals surface area contributed by atoms with Gasteiger partial charge in [-0.25, -0.2) is 0 Å². The maximum atomic E-state index is 6.35. The fourth-order valence-corrected chi connectivity index (χ4v) is 3.62. The van der Waals surface area contributed by atoms with E-state index in [0.717, 1.165) is 42.6 Å². The third-order valence-corrected chi connectivity index (χ3v) is 4.70. The summed E-state index contributed by atoms with van der Waals surface area (Å²) in [6.07, 6.45) is 3.99. The fourth-order valence-electron chi connectivity index (χ4n) is 3.62. The van der Waals surface area contributed by atoms with E-state index in [1.54, 1.807) is 7.11 Å². The van der Waals surface area contributed by atoms with Crippen molar-refractivity contribution < 1.29 is 14.2 Å². The molecule has 3 rings (SSSR count). The molecule has 4 heteroatoms. The molecule has 1 aliphatic carbocycles. The summed E-state index contributed by atoms with van der Waals surface area (Å²) in [7, 11) is 1.64. The van der Waals surface area contributed by atoms with Crippen LogP contribution in [-0.4, -0.2) is 24.6 Å². The van der Waals surface area contributed by atoms with Gasteiger partial charge >= 0.3 is 0 Å². The Labute approximate surface area is 132 Å². The number of methoxy groups -OCH3 is 1. The van der Waals surface area contributed by atoms with E-state index in [9.17, 15) is 0 Å². The van der Waals surface area contributed by atoms with Crippen LogP contribution < -0.4 is 10.5 Å². The molecule has 1 saturated carbocycles. The number of anilines is 1. The molecule has 2 N–H and O–H groups in total. The summed E-state index contributed by atoms with van der Waals surface area (Å²) in [4.78, 5) is 0. The molecule has 1 aromatic rings. The topological polar surface area (TPSA) is 53.7 Å². The Morgan fingerprint density at radius 2 is 2.00 bits per heavy atom. The van der Waals surface area contributed by atoms with Crippen molar-refractivity contribution in [1.82, 2.24) is 0 Å². The van der Waals surface area contributed by atoms with E-state index >= 15 is 0 Å². The SMILES string of the molecule is C=C(c1cc(OC)ccc1N)[C@@H]1OC2(CCCC2)OC1(C)C. The third kappa shape index (κ3) is 2.50. The number of rotatable bonds is 3. The zero-order valence-corrected chi connectivity index (χ0v) is 13.6. The largest absolute Gasteiger partial charge is 0.497 e. The Bertz CT molecular complexity index is 588. The van der Waals surface area contributed by atoms with Gasteiger partial charge in [0, 0.05) is 24.1 Å². The van der Waals surface area contributed by atoms with E-state index in [4.69, 9.17) is 19.9 Å². The molecule has 120 valence electrons. The highest BCUT2D eigenvalue weighted by Crippen LogP contribution is 2.49. The molecule has 2 aliphatic rings. The van der Waals surface area contributed by atoms with Crippen LogP contribution in [0.1, 0.15) is 45.1 Å². The van der Waals surface area contributed by atoms with Crippen LogP contribution in [0.5, 0.6) is 5.75 Å². The van der Waals surface area contributed by atoms with Crippen LogP contribution in [0.3, 0.4) is 0 Å². The lowest BCUT2D eigenvalue weighted by molar-refractivity contribution is -0.177. The Morgan fingerprint density at radius 1 is 1.32 bits per heavy atom. The molecule has 1 aromatic carbocycles. The van der Waals surface area contributed by atoms with Gasteiger partial charge in [-0.05, 0) is 50.5 Å². The van der Waals surface area contributed by atoms with E-state index in [0.29, 0.717) is 5.69 Å². The number of nitrogen functional groups attached to an aromatic ring is 1. The van der Waals surface area contributed by atoms with E-state index < -0.39 is 11.4 Å². The zero-order valence-electron chi connectivity index (χ0n) is 13.6. The van der Waals surface area contributed by atoms with Gasteiger partial charge in [-0.3, -0.25) is 0 Å². The molecule has 1 spiro atoms. The lowest BCUT2D eigenvalue weighted by Crippen LogP contribution is -2.34. The number of ether oxygens (including phenoxy) is 3. The fraction of sp³-hybridized carbons (Fsp3) is 0.556. The highest BCUT2D eigenvalue weighted by atomic mass is 16.8. The molecule has 0 unspecified atom stereocenters. The van der Waals surface area contributed by atoms with Gasteiger partial charge in [0.15, 0.2) is 5.79 Å². The number of nitrogens with two attached hydrogens (primary N) is 1. The maximum Gasteiger partial charge on any atom is 0.170 e. The van der Waals surface area contributed by atoms with Gasteiger partial charge in [-0.15, -0.1) is 0 Å². The Balaban J connectivity index is 1.91. The Morgan fingerprint density at radius 3 is 2.64 bits per heavy atom. The molecule has 0 bridgehead atoms. The summed E-state index contributed by atoms with van der Waals surface area (Å²) in [5, 5.41) is 0. The minimum atomic E-state index is -0.440. The summed E-state index contributed by atoms with van der Waals surface area (Å²) in [5.41, 5.74) is 8.12. The first-order chi connectivity index (χ1) is 10.4. The molecule has 1 heterocycles. The average molecular weight is 303 g/mol. The van der Waals surface area contributed by atoms with Crippen LogP contribution in [0.15, 0.2) is 24.8 Å². The van der Waals surface area contributed by atoms with Crippen molar-refractivity contribution in [3.05, 3.63) is 30.3 Å². The van der Waals surface area contributed by atoms with Crippen molar-refractivity contribution in [3.63, 3.8) is 0 Å². The Hall–Kier alpha value is -1.52. The van der Waals surface area contributed by atoms with Crippen LogP contribution in [0, 0.1) is 0 Å². The van der Waals surface area contributed by atoms with Crippen LogP contribution >= 0.6 is 0 Å². The predicted molar refractivity (Wildman–Crippen MR) is 87.7 cm³/mol. The molecular weight excluding hydrogens is 278 g/mol. The van der Waals surface area contributed by atoms with Crippen LogP contribution in [-0.2, 0) is 9.47 Å². The number of hydrogen-bond acceptors (Lipinski definition) is 4. The van der Waals surface area contributed by atoms with E-state index in [1.165, 1.54) is 0 Å². The van der Waals surface area contributed by atoms with Gasteiger partial charge < -0.3 is 19.9 Å². The first-order valence-corrected chi connectivity index (χ1v) is 7.88. The quantitative estimate of drug-likeness (QED) is 0.864. The van der Waals surface area contributed by atoms with Gasteiger partial charge in [0.05, 0.1) is 12.7 Å². The molecule has 2 fully saturated rings. The molecule has 0 aromatic heterocycles. The molecule has 0 radical (unpaired) electrons. The van der Waals surface area contributed by atoms with Crippen molar-refractivity contribution in [2.75, 3.05) is 12.8 Å². The van der Waals surface area contributed by atoms with Crippen LogP contribution in [0.25, 0.3) is 5.57 Å². The Kier molecular flexibility index (Phi) is 3.69. The van der Waals surface area contributed by atoms with Crippen molar-refractivity contribution in [2.24, 2.45) is 0 Å². The van der Waals surface area contributed by atoms with E-state index in [1.807, 2.05) is 18.2 Å². The maximum absolute atomic E-state index is 6.35. The smallest absolute Gasteiger partial charge is 0.170 e. The molecule has 0 amide bonds. The highest BCUT2D eigenvalue weighted by Gasteiger charge is 2.54. The molecule has 4 nitrogen and oxygen atoms in total. The minimum Gasteiger partial charge on any atom is -0.497 e. The number of hydrogen-bond donors (Lipinski definition) is 1. The summed E-state index contributed by atoms with van der Waals surface area (Å²) in [6.45, 7) is 8.38. The van der Waals surface area contributed by atoms with Crippen LogP contribution in [0.2, 0.25) is 0 Å². The first kappa shape index (κ1) is 15.4. The lowest BCUT2D eigenvalue weighted by atomic mass is 9.90. The monoisotopic (exact) mass is 303 g/mol. The molecular formula is C18H25NO3. The van der Waals surface area contributed by atoms with Gasteiger partial charge in [0.1, 0.15) is 11.9 Å². The van der Waals surface area contributed by atoms with Gasteiger partial charge in [-0.1, -0.05) is 6.58 Å². The standard InChI is InChI=1S/C18H25NO3/c1-12(14-11-13(20-4)7-8-15(14)19)16-17(2,3)22-18(21-16)9-5-6-10-18/h7-8,11,16H,1,5-6,9-10,19H2,2-4H3/t16-/m0/s1. The third-order valence-electron chi connectivity index (χ3n) is 4.70. The first-order valence-electron chi connectivity index (χ1n) is 7.88.